The summed E-state index contributed by atoms with van der Waals surface area (Å²) in [6.07, 6.45) is 3.36. The fourth-order valence-electron chi connectivity index (χ4n) is 1.22. The van der Waals surface area contributed by atoms with Gasteiger partial charge in [0.2, 0.25) is 0 Å². The van der Waals surface area contributed by atoms with E-state index < -0.39 is 0 Å². The summed E-state index contributed by atoms with van der Waals surface area (Å²) in [4.78, 5) is 4.06. The number of nitrogens with zero attached hydrogens (tertiary/aromatic N) is 1. The second kappa shape index (κ2) is 5.64. The summed E-state index contributed by atoms with van der Waals surface area (Å²) in [5, 5.41) is 3.40. The van der Waals surface area contributed by atoms with Crippen molar-refractivity contribution in [3.63, 3.8) is 0 Å². The van der Waals surface area contributed by atoms with E-state index in [-0.39, 0.29) is 16.6 Å². The molecule has 1 aromatic heterocycles. The van der Waals surface area contributed by atoms with Crippen LogP contribution >= 0.6 is 11.8 Å². The van der Waals surface area contributed by atoms with Crippen molar-refractivity contribution in [3.05, 3.63) is 29.8 Å². The van der Waals surface area contributed by atoms with E-state index in [0.717, 1.165) is 12.2 Å². The van der Waals surface area contributed by atoms with E-state index in [9.17, 15) is 4.39 Å². The molecule has 0 aliphatic heterocycles. The average molecular weight is 242 g/mol. The van der Waals surface area contributed by atoms with Gasteiger partial charge in [0.15, 0.2) is 0 Å². The molecule has 1 unspecified atom stereocenters. The van der Waals surface area contributed by atoms with E-state index in [4.69, 9.17) is 0 Å². The van der Waals surface area contributed by atoms with Gasteiger partial charge in [-0.2, -0.15) is 11.8 Å². The second-order valence-electron chi connectivity index (χ2n) is 4.47. The Labute approximate surface area is 101 Å². The maximum absolute atomic E-state index is 12.7. The smallest absolute Gasteiger partial charge is 0.141 e. The van der Waals surface area contributed by atoms with Crippen molar-refractivity contribution in [1.29, 1.82) is 0 Å². The maximum Gasteiger partial charge on any atom is 0.141 e. The standard InChI is InChI=1S/C12H19FN2S/c1-9(15-8-12(2,3)16-4)11-6-5-10(13)7-14-11/h5-7,9,15H,8H2,1-4H3. The van der Waals surface area contributed by atoms with Crippen LogP contribution in [0.5, 0.6) is 0 Å². The molecule has 0 bridgehead atoms. The molecular weight excluding hydrogens is 223 g/mol. The van der Waals surface area contributed by atoms with Crippen molar-refractivity contribution in [1.82, 2.24) is 10.3 Å². The molecule has 0 fully saturated rings. The van der Waals surface area contributed by atoms with Gasteiger partial charge in [-0.15, -0.1) is 0 Å². The fraction of sp³-hybridized carbons (Fsp3) is 0.583. The lowest BCUT2D eigenvalue weighted by atomic mass is 10.1. The second-order valence-corrected chi connectivity index (χ2v) is 5.98. The number of thioether (sulfide) groups is 1. The third-order valence-corrected chi connectivity index (χ3v) is 3.83. The minimum atomic E-state index is -0.291. The van der Waals surface area contributed by atoms with Crippen molar-refractivity contribution in [3.8, 4) is 0 Å². The highest BCUT2D eigenvalue weighted by Crippen LogP contribution is 2.21. The Morgan fingerprint density at radius 2 is 2.19 bits per heavy atom. The van der Waals surface area contributed by atoms with Crippen LogP contribution in [0.3, 0.4) is 0 Å². The Bertz CT molecular complexity index is 324. The first-order valence-corrected chi connectivity index (χ1v) is 6.57. The molecule has 0 aromatic carbocycles. The van der Waals surface area contributed by atoms with Crippen LogP contribution in [0, 0.1) is 5.82 Å². The fourth-order valence-corrected chi connectivity index (χ4v) is 1.45. The summed E-state index contributed by atoms with van der Waals surface area (Å²) < 4.78 is 12.9. The third kappa shape index (κ3) is 4.10. The number of rotatable bonds is 5. The van der Waals surface area contributed by atoms with E-state index in [2.05, 4.69) is 30.4 Å². The van der Waals surface area contributed by atoms with E-state index in [1.54, 1.807) is 6.07 Å². The largest absolute Gasteiger partial charge is 0.307 e. The highest BCUT2D eigenvalue weighted by atomic mass is 32.2. The van der Waals surface area contributed by atoms with Gasteiger partial charge in [-0.3, -0.25) is 4.98 Å². The van der Waals surface area contributed by atoms with Crippen LogP contribution in [-0.2, 0) is 0 Å². The van der Waals surface area contributed by atoms with E-state index in [0.29, 0.717) is 0 Å². The van der Waals surface area contributed by atoms with Crippen LogP contribution in [0.25, 0.3) is 0 Å². The summed E-state index contributed by atoms with van der Waals surface area (Å²) in [5.41, 5.74) is 0.873. The first-order chi connectivity index (χ1) is 7.44. The molecule has 1 aromatic rings. The molecule has 90 valence electrons. The predicted molar refractivity (Wildman–Crippen MR) is 68.2 cm³/mol. The average Bonchev–Trinajstić information content (AvgIpc) is 2.27. The van der Waals surface area contributed by atoms with Gasteiger partial charge in [0, 0.05) is 17.3 Å². The van der Waals surface area contributed by atoms with Crippen LogP contribution in [-0.4, -0.2) is 22.5 Å². The summed E-state index contributed by atoms with van der Waals surface area (Å²) >= 11 is 1.82. The lowest BCUT2D eigenvalue weighted by Gasteiger charge is -2.24. The van der Waals surface area contributed by atoms with E-state index >= 15 is 0 Å². The lowest BCUT2D eigenvalue weighted by Crippen LogP contribution is -2.33. The van der Waals surface area contributed by atoms with Crippen molar-refractivity contribution in [2.45, 2.75) is 31.6 Å². The zero-order valence-corrected chi connectivity index (χ0v) is 11.1. The van der Waals surface area contributed by atoms with E-state index in [1.807, 2.05) is 18.7 Å². The number of halogens is 1. The van der Waals surface area contributed by atoms with Crippen LogP contribution in [0.15, 0.2) is 18.3 Å². The summed E-state index contributed by atoms with van der Waals surface area (Å²) in [7, 11) is 0. The Morgan fingerprint density at radius 1 is 1.50 bits per heavy atom. The van der Waals surface area contributed by atoms with Gasteiger partial charge in [-0.25, -0.2) is 4.39 Å². The quantitative estimate of drug-likeness (QED) is 0.859. The minimum Gasteiger partial charge on any atom is -0.307 e. The normalized spacial score (nSPS) is 13.8. The van der Waals surface area contributed by atoms with E-state index in [1.165, 1.54) is 12.3 Å². The van der Waals surface area contributed by atoms with Crippen LogP contribution in [0.1, 0.15) is 32.5 Å². The SMILES string of the molecule is CSC(C)(C)CNC(C)c1ccc(F)cn1. The minimum absolute atomic E-state index is 0.145. The van der Waals surface area contributed by atoms with Crippen molar-refractivity contribution in [2.75, 3.05) is 12.8 Å². The molecule has 0 radical (unpaired) electrons. The zero-order valence-electron chi connectivity index (χ0n) is 10.2. The molecule has 0 saturated heterocycles. The van der Waals surface area contributed by atoms with Gasteiger partial charge in [-0.1, -0.05) is 0 Å². The van der Waals surface area contributed by atoms with Crippen LogP contribution in [0.2, 0.25) is 0 Å². The van der Waals surface area contributed by atoms with Crippen molar-refractivity contribution >= 4 is 11.8 Å². The van der Waals surface area contributed by atoms with Crippen LogP contribution < -0.4 is 5.32 Å². The van der Waals surface area contributed by atoms with Gasteiger partial charge in [0.25, 0.3) is 0 Å². The first-order valence-electron chi connectivity index (χ1n) is 5.34. The molecule has 0 saturated carbocycles. The Balaban J connectivity index is 2.53. The molecule has 1 heterocycles. The molecule has 1 N–H and O–H groups in total. The molecule has 0 aliphatic rings. The summed E-state index contributed by atoms with van der Waals surface area (Å²) in [6, 6.07) is 3.31. The number of aromatic nitrogens is 1. The van der Waals surface area contributed by atoms with Gasteiger partial charge in [0.1, 0.15) is 5.82 Å². The first kappa shape index (κ1) is 13.5. The van der Waals surface area contributed by atoms with Gasteiger partial charge in [-0.05, 0) is 39.2 Å². The monoisotopic (exact) mass is 242 g/mol. The Hall–Kier alpha value is -0.610. The molecule has 0 amide bonds. The van der Waals surface area contributed by atoms with Gasteiger partial charge in [0.05, 0.1) is 11.9 Å². The molecular formula is C12H19FN2S. The number of hydrogen-bond acceptors (Lipinski definition) is 3. The number of nitrogens with one attached hydrogen (secondary N) is 1. The van der Waals surface area contributed by atoms with Crippen molar-refractivity contribution in [2.24, 2.45) is 0 Å². The van der Waals surface area contributed by atoms with Gasteiger partial charge >= 0.3 is 0 Å². The summed E-state index contributed by atoms with van der Waals surface area (Å²) in [5.74, 6) is -0.291. The van der Waals surface area contributed by atoms with Crippen molar-refractivity contribution < 1.29 is 4.39 Å². The Morgan fingerprint density at radius 3 is 2.69 bits per heavy atom. The summed E-state index contributed by atoms with van der Waals surface area (Å²) in [6.45, 7) is 7.32. The van der Waals surface area contributed by atoms with Gasteiger partial charge < -0.3 is 5.32 Å². The molecule has 4 heteroatoms. The number of pyridine rings is 1. The molecule has 1 atom stereocenters. The highest BCUT2D eigenvalue weighted by Gasteiger charge is 2.17. The predicted octanol–water partition coefficient (Wildman–Crippen LogP) is 3.01. The molecule has 0 aliphatic carbocycles. The molecule has 0 spiro atoms. The Kier molecular flexibility index (Phi) is 4.74. The number of hydrogen-bond donors (Lipinski definition) is 1. The van der Waals surface area contributed by atoms with Crippen LogP contribution in [0.4, 0.5) is 4.39 Å². The highest BCUT2D eigenvalue weighted by molar-refractivity contribution is 7.99. The zero-order chi connectivity index (χ0) is 12.2. The molecule has 16 heavy (non-hydrogen) atoms. The molecule has 1 rings (SSSR count). The topological polar surface area (TPSA) is 24.9 Å². The maximum atomic E-state index is 12.7. The third-order valence-electron chi connectivity index (χ3n) is 2.58. The lowest BCUT2D eigenvalue weighted by molar-refractivity contribution is 0.512. The molecule has 2 nitrogen and oxygen atoms in total.